The topological polar surface area (TPSA) is 31.2 Å². The molecule has 26 heavy (non-hydrogen) atoms. The van der Waals surface area contributed by atoms with Crippen molar-refractivity contribution in [1.82, 2.24) is 4.57 Å². The number of benzene rings is 2. The molecule has 1 heterocycles. The number of carbonyl (C=O) groups excluding carboxylic acids is 1. The molecule has 0 saturated heterocycles. The van der Waals surface area contributed by atoms with E-state index in [2.05, 4.69) is 4.74 Å². The van der Waals surface area contributed by atoms with Crippen LogP contribution in [-0.4, -0.2) is 17.6 Å². The molecular formula is C18H12ClF4NO2. The van der Waals surface area contributed by atoms with Crippen LogP contribution in [0, 0.1) is 5.82 Å². The van der Waals surface area contributed by atoms with Gasteiger partial charge in [-0.15, -0.1) is 0 Å². The molecule has 0 aliphatic heterocycles. The minimum atomic E-state index is -4.51. The highest BCUT2D eigenvalue weighted by Crippen LogP contribution is 2.35. The molecule has 3 nitrogen and oxygen atoms in total. The second-order valence-electron chi connectivity index (χ2n) is 5.61. The van der Waals surface area contributed by atoms with Crippen molar-refractivity contribution < 1.29 is 27.1 Å². The van der Waals surface area contributed by atoms with E-state index in [1.807, 2.05) is 0 Å². The van der Waals surface area contributed by atoms with E-state index in [4.69, 9.17) is 11.6 Å². The number of aromatic nitrogens is 1. The summed E-state index contributed by atoms with van der Waals surface area (Å²) in [7, 11) is 1.14. The predicted molar refractivity (Wildman–Crippen MR) is 88.8 cm³/mol. The lowest BCUT2D eigenvalue weighted by Crippen LogP contribution is -2.09. The van der Waals surface area contributed by atoms with Crippen LogP contribution < -0.4 is 0 Å². The third-order valence-corrected chi connectivity index (χ3v) is 4.25. The van der Waals surface area contributed by atoms with Crippen LogP contribution >= 0.6 is 11.6 Å². The third kappa shape index (κ3) is 3.26. The average molecular weight is 386 g/mol. The Hall–Kier alpha value is -2.54. The van der Waals surface area contributed by atoms with E-state index in [1.54, 1.807) is 0 Å². The number of carbonyl (C=O) groups is 1. The smallest absolute Gasteiger partial charge is 0.416 e. The minimum absolute atomic E-state index is 0.00868. The highest BCUT2D eigenvalue weighted by atomic mass is 35.5. The van der Waals surface area contributed by atoms with Crippen molar-refractivity contribution in [1.29, 1.82) is 0 Å². The summed E-state index contributed by atoms with van der Waals surface area (Å²) >= 11 is 6.04. The minimum Gasteiger partial charge on any atom is -0.465 e. The van der Waals surface area contributed by atoms with Crippen LogP contribution in [-0.2, 0) is 17.5 Å². The maximum atomic E-state index is 14.5. The number of alkyl halides is 3. The molecule has 3 rings (SSSR count). The quantitative estimate of drug-likeness (QED) is 0.453. The first-order valence-corrected chi connectivity index (χ1v) is 7.81. The van der Waals surface area contributed by atoms with Gasteiger partial charge in [0.1, 0.15) is 5.82 Å². The Labute approximate surface area is 150 Å². The van der Waals surface area contributed by atoms with E-state index in [1.165, 1.54) is 35.0 Å². The normalized spacial score (nSPS) is 11.8. The van der Waals surface area contributed by atoms with Crippen LogP contribution in [0.1, 0.15) is 21.5 Å². The summed E-state index contributed by atoms with van der Waals surface area (Å²) in [6.07, 6.45) is -3.00. The summed E-state index contributed by atoms with van der Waals surface area (Å²) in [5, 5.41) is 0.193. The largest absolute Gasteiger partial charge is 0.465 e. The number of halogens is 5. The van der Waals surface area contributed by atoms with Crippen molar-refractivity contribution in [2.75, 3.05) is 7.11 Å². The molecule has 0 saturated carbocycles. The first kappa shape index (κ1) is 18.3. The number of rotatable bonds is 3. The fraction of sp³-hybridized carbons (Fsp3) is 0.167. The van der Waals surface area contributed by atoms with E-state index in [0.29, 0.717) is 5.52 Å². The molecule has 0 spiro atoms. The summed E-state index contributed by atoms with van der Waals surface area (Å²) < 4.78 is 59.3. The number of ether oxygens (including phenoxy) is 1. The van der Waals surface area contributed by atoms with Crippen LogP contribution in [0.5, 0.6) is 0 Å². The van der Waals surface area contributed by atoms with Gasteiger partial charge in [0, 0.05) is 17.1 Å². The van der Waals surface area contributed by atoms with Gasteiger partial charge in [-0.05, 0) is 24.3 Å². The maximum Gasteiger partial charge on any atom is 0.416 e. The zero-order chi connectivity index (χ0) is 19.1. The number of methoxy groups -OCH3 is 1. The number of hydrogen-bond acceptors (Lipinski definition) is 2. The lowest BCUT2D eigenvalue weighted by molar-refractivity contribution is -0.137. The van der Waals surface area contributed by atoms with Crippen LogP contribution in [0.15, 0.2) is 42.6 Å². The molecule has 0 aliphatic rings. The Morgan fingerprint density at radius 2 is 1.96 bits per heavy atom. The molecule has 0 unspecified atom stereocenters. The van der Waals surface area contributed by atoms with Crippen molar-refractivity contribution in [2.45, 2.75) is 12.7 Å². The van der Waals surface area contributed by atoms with E-state index >= 15 is 0 Å². The summed E-state index contributed by atoms with van der Waals surface area (Å²) in [5.41, 5.74) is -0.539. The molecule has 0 aliphatic carbocycles. The average Bonchev–Trinajstić information content (AvgIpc) is 2.99. The van der Waals surface area contributed by atoms with Gasteiger partial charge < -0.3 is 9.30 Å². The predicted octanol–water partition coefficient (Wildman–Crippen LogP) is 5.29. The zero-order valence-corrected chi connectivity index (χ0v) is 14.2. The van der Waals surface area contributed by atoms with Crippen molar-refractivity contribution in [3.8, 4) is 0 Å². The Kier molecular flexibility index (Phi) is 4.66. The molecule has 0 fully saturated rings. The summed E-state index contributed by atoms with van der Waals surface area (Å²) in [5.74, 6) is -1.56. The molecule has 1 aromatic heterocycles. The third-order valence-electron chi connectivity index (χ3n) is 3.97. The molecule has 2 aromatic carbocycles. The summed E-state index contributed by atoms with van der Waals surface area (Å²) in [4.78, 5) is 11.6. The van der Waals surface area contributed by atoms with Gasteiger partial charge in [0.2, 0.25) is 0 Å². The molecule has 3 aromatic rings. The van der Waals surface area contributed by atoms with Crippen LogP contribution in [0.25, 0.3) is 10.9 Å². The number of esters is 1. The van der Waals surface area contributed by atoms with Crippen molar-refractivity contribution in [3.63, 3.8) is 0 Å². The number of nitrogens with zero attached hydrogens (tertiary/aromatic N) is 1. The van der Waals surface area contributed by atoms with Gasteiger partial charge in [0.15, 0.2) is 0 Å². The van der Waals surface area contributed by atoms with E-state index in [9.17, 15) is 22.4 Å². The van der Waals surface area contributed by atoms with Gasteiger partial charge in [-0.3, -0.25) is 0 Å². The Bertz CT molecular complexity index is 995. The number of hydrogen-bond donors (Lipinski definition) is 0. The molecule has 0 amide bonds. The fourth-order valence-corrected chi connectivity index (χ4v) is 3.08. The fourth-order valence-electron chi connectivity index (χ4n) is 2.74. The van der Waals surface area contributed by atoms with Crippen LogP contribution in [0.3, 0.4) is 0 Å². The molecule has 136 valence electrons. The van der Waals surface area contributed by atoms with E-state index in [0.717, 1.165) is 19.2 Å². The lowest BCUT2D eigenvalue weighted by Gasteiger charge is -2.12. The van der Waals surface area contributed by atoms with Crippen molar-refractivity contribution in [2.24, 2.45) is 0 Å². The van der Waals surface area contributed by atoms with Gasteiger partial charge in [-0.25, -0.2) is 9.18 Å². The molecular weight excluding hydrogens is 374 g/mol. The molecule has 8 heteroatoms. The summed E-state index contributed by atoms with van der Waals surface area (Å²) in [6, 6.07) is 7.56. The van der Waals surface area contributed by atoms with Gasteiger partial charge in [0.25, 0.3) is 0 Å². The zero-order valence-electron chi connectivity index (χ0n) is 13.4. The van der Waals surface area contributed by atoms with Gasteiger partial charge >= 0.3 is 12.1 Å². The summed E-state index contributed by atoms with van der Waals surface area (Å²) in [6.45, 7) is -0.00868. The monoisotopic (exact) mass is 385 g/mol. The highest BCUT2D eigenvalue weighted by molar-refractivity contribution is 6.35. The first-order chi connectivity index (χ1) is 12.2. The van der Waals surface area contributed by atoms with Crippen LogP contribution in [0.2, 0.25) is 5.02 Å². The maximum absolute atomic E-state index is 14.5. The molecule has 0 atom stereocenters. The standard InChI is InChI=1S/C18H12ClF4NO2/c1-26-17(25)13-4-2-3-11(15(13)20)9-24-6-5-10-7-12(18(21,22)23)8-14(19)16(10)24/h2-8H,9H2,1H3. The second kappa shape index (κ2) is 6.64. The first-order valence-electron chi connectivity index (χ1n) is 7.43. The Morgan fingerprint density at radius 1 is 1.23 bits per heavy atom. The molecule has 0 N–H and O–H groups in total. The number of fused-ring (bicyclic) bond motifs is 1. The van der Waals surface area contributed by atoms with Gasteiger partial charge in [-0.2, -0.15) is 13.2 Å². The van der Waals surface area contributed by atoms with Crippen molar-refractivity contribution >= 4 is 28.5 Å². The Balaban J connectivity index is 2.05. The highest BCUT2D eigenvalue weighted by Gasteiger charge is 2.31. The molecule has 0 radical (unpaired) electrons. The lowest BCUT2D eigenvalue weighted by atomic mass is 10.1. The van der Waals surface area contributed by atoms with Crippen LogP contribution in [0.4, 0.5) is 17.6 Å². The van der Waals surface area contributed by atoms with E-state index < -0.39 is 23.5 Å². The Morgan fingerprint density at radius 3 is 2.62 bits per heavy atom. The van der Waals surface area contributed by atoms with E-state index in [-0.39, 0.29) is 28.1 Å². The van der Waals surface area contributed by atoms with Crippen molar-refractivity contribution in [3.05, 3.63) is 70.1 Å². The second-order valence-corrected chi connectivity index (χ2v) is 6.01. The van der Waals surface area contributed by atoms with Gasteiger partial charge in [0.05, 0.1) is 35.3 Å². The van der Waals surface area contributed by atoms with Gasteiger partial charge in [-0.1, -0.05) is 23.7 Å². The SMILES string of the molecule is COC(=O)c1cccc(Cn2ccc3cc(C(F)(F)F)cc(Cl)c32)c1F. The molecule has 0 bridgehead atoms.